The molecule has 1 N–H and O–H groups in total. The van der Waals surface area contributed by atoms with Gasteiger partial charge >= 0.3 is 0 Å². The predicted molar refractivity (Wildman–Crippen MR) is 111 cm³/mol. The topological polar surface area (TPSA) is 76.8 Å². The summed E-state index contributed by atoms with van der Waals surface area (Å²) in [6, 6.07) is 8.46. The monoisotopic (exact) mass is 415 g/mol. The first-order chi connectivity index (χ1) is 14.0. The molecule has 0 saturated carbocycles. The Morgan fingerprint density at radius 2 is 1.86 bits per heavy atom. The number of hydrogen-bond donors (Lipinski definition) is 1. The number of rotatable bonds is 4. The maximum Gasteiger partial charge on any atom is 0.261 e. The molecule has 0 aliphatic carbocycles. The molecule has 0 radical (unpaired) electrons. The van der Waals surface area contributed by atoms with Crippen molar-refractivity contribution in [1.29, 1.82) is 0 Å². The van der Waals surface area contributed by atoms with Crippen LogP contribution < -0.4 is 15.0 Å². The molecule has 0 atom stereocenters. The highest BCUT2D eigenvalue weighted by atomic mass is 35.5. The molecular formula is C21H22ClN3O4. The molecule has 2 heterocycles. The Morgan fingerprint density at radius 3 is 2.62 bits per heavy atom. The van der Waals surface area contributed by atoms with Gasteiger partial charge in [0.25, 0.3) is 5.56 Å². The maximum absolute atomic E-state index is 13.1. The van der Waals surface area contributed by atoms with Gasteiger partial charge in [-0.15, -0.1) is 0 Å². The number of hydrogen-bond acceptors (Lipinski definition) is 6. The fourth-order valence-electron chi connectivity index (χ4n) is 3.71. The van der Waals surface area contributed by atoms with Gasteiger partial charge in [0, 0.05) is 49.3 Å². The van der Waals surface area contributed by atoms with Crippen molar-refractivity contribution >= 4 is 22.5 Å². The Morgan fingerprint density at radius 1 is 1.10 bits per heavy atom. The van der Waals surface area contributed by atoms with Crippen LogP contribution in [0, 0.1) is 0 Å². The molecule has 29 heavy (non-hydrogen) atoms. The molecule has 3 aromatic rings. The molecule has 7 nitrogen and oxygen atoms in total. The van der Waals surface area contributed by atoms with Crippen LogP contribution in [0.5, 0.6) is 17.2 Å². The fraction of sp³-hybridized carbons (Fsp3) is 0.333. The molecule has 0 fully saturated rings. The van der Waals surface area contributed by atoms with Crippen LogP contribution in [0.2, 0.25) is 5.02 Å². The molecule has 0 spiro atoms. The molecule has 152 valence electrons. The van der Waals surface area contributed by atoms with E-state index in [-0.39, 0.29) is 11.3 Å². The van der Waals surface area contributed by atoms with Crippen LogP contribution in [-0.2, 0) is 19.5 Å². The Bertz CT molecular complexity index is 1130. The number of fused-ring (bicyclic) bond motifs is 2. The zero-order chi connectivity index (χ0) is 20.5. The van der Waals surface area contributed by atoms with Gasteiger partial charge in [0.05, 0.1) is 25.1 Å². The number of benzene rings is 2. The van der Waals surface area contributed by atoms with Gasteiger partial charge in [-0.25, -0.2) is 4.98 Å². The van der Waals surface area contributed by atoms with E-state index < -0.39 is 0 Å². The Kier molecular flexibility index (Phi) is 5.34. The summed E-state index contributed by atoms with van der Waals surface area (Å²) in [5.41, 5.74) is 1.28. The SMILES string of the molecule is COc1cc2nc3n(c(=O)c2cc1OC)CCN(Cc1cc(Cl)ccc1O)CC3. The summed E-state index contributed by atoms with van der Waals surface area (Å²) in [5, 5.41) is 11.2. The molecule has 0 saturated heterocycles. The fourth-order valence-corrected chi connectivity index (χ4v) is 3.90. The first-order valence-corrected chi connectivity index (χ1v) is 9.73. The van der Waals surface area contributed by atoms with Crippen LogP contribution >= 0.6 is 11.6 Å². The molecule has 1 aliphatic rings. The summed E-state index contributed by atoms with van der Waals surface area (Å²) in [6.07, 6.45) is 0.626. The highest BCUT2D eigenvalue weighted by Crippen LogP contribution is 2.30. The van der Waals surface area contributed by atoms with Crippen molar-refractivity contribution in [3.8, 4) is 17.2 Å². The van der Waals surface area contributed by atoms with E-state index in [1.54, 1.807) is 49.1 Å². The van der Waals surface area contributed by atoms with Gasteiger partial charge in [-0.2, -0.15) is 0 Å². The van der Waals surface area contributed by atoms with Crippen molar-refractivity contribution in [2.75, 3.05) is 27.3 Å². The van der Waals surface area contributed by atoms with E-state index in [2.05, 4.69) is 4.90 Å². The van der Waals surface area contributed by atoms with Crippen LogP contribution in [0.4, 0.5) is 0 Å². The van der Waals surface area contributed by atoms with E-state index in [0.29, 0.717) is 53.5 Å². The molecule has 0 amide bonds. The highest BCUT2D eigenvalue weighted by molar-refractivity contribution is 6.30. The van der Waals surface area contributed by atoms with E-state index in [1.165, 1.54) is 0 Å². The molecule has 4 rings (SSSR count). The lowest BCUT2D eigenvalue weighted by Crippen LogP contribution is -2.28. The quantitative estimate of drug-likeness (QED) is 0.706. The van der Waals surface area contributed by atoms with Crippen molar-refractivity contribution < 1.29 is 14.6 Å². The second-order valence-electron chi connectivity index (χ2n) is 7.01. The number of ether oxygens (including phenoxy) is 2. The smallest absolute Gasteiger partial charge is 0.261 e. The van der Waals surface area contributed by atoms with Crippen LogP contribution in [0.15, 0.2) is 35.1 Å². The van der Waals surface area contributed by atoms with Crippen LogP contribution in [0.25, 0.3) is 10.9 Å². The second-order valence-corrected chi connectivity index (χ2v) is 7.44. The standard InChI is InChI=1S/C21H22ClN3O4/c1-28-18-10-15-16(11-19(18)29-2)23-20-5-6-24(7-8-25(20)21(15)27)12-13-9-14(22)3-4-17(13)26/h3-4,9-11,26H,5-8,12H2,1-2H3. The Hall–Kier alpha value is -2.77. The normalized spacial score (nSPS) is 14.4. The number of phenols is 1. The lowest BCUT2D eigenvalue weighted by molar-refractivity contribution is 0.267. The van der Waals surface area contributed by atoms with Gasteiger partial charge < -0.3 is 14.6 Å². The molecule has 1 aliphatic heterocycles. The van der Waals surface area contributed by atoms with Crippen molar-refractivity contribution in [3.63, 3.8) is 0 Å². The minimum absolute atomic E-state index is 0.0848. The van der Waals surface area contributed by atoms with Gasteiger partial charge in [0.15, 0.2) is 11.5 Å². The van der Waals surface area contributed by atoms with Gasteiger partial charge in [0.2, 0.25) is 0 Å². The summed E-state index contributed by atoms with van der Waals surface area (Å²) >= 11 is 6.06. The molecule has 8 heteroatoms. The molecule has 2 aromatic carbocycles. The molecule has 0 unspecified atom stereocenters. The first-order valence-electron chi connectivity index (χ1n) is 9.35. The van der Waals surface area contributed by atoms with Gasteiger partial charge in [0.1, 0.15) is 11.6 Å². The van der Waals surface area contributed by atoms with E-state index >= 15 is 0 Å². The van der Waals surface area contributed by atoms with Gasteiger partial charge in [-0.3, -0.25) is 14.3 Å². The first kappa shape index (κ1) is 19.5. The molecule has 1 aromatic heterocycles. The zero-order valence-corrected chi connectivity index (χ0v) is 17.1. The number of aromatic hydroxyl groups is 1. The van der Waals surface area contributed by atoms with Crippen molar-refractivity contribution in [3.05, 3.63) is 57.1 Å². The van der Waals surface area contributed by atoms with E-state index in [0.717, 1.165) is 17.9 Å². The van der Waals surface area contributed by atoms with Crippen molar-refractivity contribution in [2.45, 2.75) is 19.5 Å². The number of phenolic OH excluding ortho intramolecular Hbond substituents is 1. The van der Waals surface area contributed by atoms with Crippen LogP contribution in [0.3, 0.4) is 0 Å². The summed E-state index contributed by atoms with van der Waals surface area (Å²) < 4.78 is 12.4. The average Bonchev–Trinajstić information content (AvgIpc) is 2.92. The minimum Gasteiger partial charge on any atom is -0.508 e. The number of halogens is 1. The third kappa shape index (κ3) is 3.75. The zero-order valence-electron chi connectivity index (χ0n) is 16.3. The second kappa shape index (κ2) is 7.93. The number of methoxy groups -OCH3 is 2. The van der Waals surface area contributed by atoms with Crippen LogP contribution in [0.1, 0.15) is 11.4 Å². The third-order valence-electron chi connectivity index (χ3n) is 5.27. The lowest BCUT2D eigenvalue weighted by atomic mass is 10.2. The Balaban J connectivity index is 1.66. The third-order valence-corrected chi connectivity index (χ3v) is 5.50. The van der Waals surface area contributed by atoms with Gasteiger partial charge in [-0.05, 0) is 24.3 Å². The largest absolute Gasteiger partial charge is 0.508 e. The minimum atomic E-state index is -0.0848. The summed E-state index contributed by atoms with van der Waals surface area (Å²) in [5.74, 6) is 2.01. The maximum atomic E-state index is 13.1. The average molecular weight is 416 g/mol. The predicted octanol–water partition coefficient (Wildman–Crippen LogP) is 2.83. The summed E-state index contributed by atoms with van der Waals surface area (Å²) in [6.45, 7) is 2.46. The van der Waals surface area contributed by atoms with Gasteiger partial charge in [-0.1, -0.05) is 11.6 Å². The number of aromatic nitrogens is 2. The van der Waals surface area contributed by atoms with E-state index in [4.69, 9.17) is 26.1 Å². The summed E-state index contributed by atoms with van der Waals surface area (Å²) in [7, 11) is 3.10. The van der Waals surface area contributed by atoms with E-state index in [1.807, 2.05) is 0 Å². The van der Waals surface area contributed by atoms with E-state index in [9.17, 15) is 9.90 Å². The number of nitrogens with zero attached hydrogens (tertiary/aromatic N) is 3. The van der Waals surface area contributed by atoms with Crippen LogP contribution in [-0.4, -0.2) is 46.9 Å². The molecule has 0 bridgehead atoms. The highest BCUT2D eigenvalue weighted by Gasteiger charge is 2.20. The lowest BCUT2D eigenvalue weighted by Gasteiger charge is -2.20. The van der Waals surface area contributed by atoms with Crippen molar-refractivity contribution in [2.24, 2.45) is 0 Å². The van der Waals surface area contributed by atoms with Crippen molar-refractivity contribution in [1.82, 2.24) is 14.5 Å². The summed E-state index contributed by atoms with van der Waals surface area (Å²) in [4.78, 5) is 20.0. The molecular weight excluding hydrogens is 394 g/mol. The Labute approximate surface area is 173 Å².